The van der Waals surface area contributed by atoms with Crippen molar-refractivity contribution in [2.45, 2.75) is 0 Å². The second kappa shape index (κ2) is 3.55. The molecule has 0 bridgehead atoms. The summed E-state index contributed by atoms with van der Waals surface area (Å²) in [4.78, 5) is 22.8. The van der Waals surface area contributed by atoms with E-state index in [1.807, 2.05) is 0 Å². The molecule has 5 nitrogen and oxygen atoms in total. The zero-order valence-electron chi connectivity index (χ0n) is 8.64. The normalized spacial score (nSPS) is 11.1. The van der Waals surface area contributed by atoms with Gasteiger partial charge in [0.2, 0.25) is 0 Å². The fraction of sp³-hybridized carbons (Fsp3) is 0. The van der Waals surface area contributed by atoms with E-state index < -0.39 is 11.5 Å². The Hall–Kier alpha value is -2.14. The van der Waals surface area contributed by atoms with Crippen LogP contribution in [0, 0.1) is 0 Å². The van der Waals surface area contributed by atoms with Crippen LogP contribution in [0.4, 0.5) is 0 Å². The summed E-state index contributed by atoms with van der Waals surface area (Å²) in [5.74, 6) is 4.05. The number of nitrogens with two attached hydrogens (primary N) is 1. The molecule has 0 fully saturated rings. The Balaban J connectivity index is 2.68. The number of hydrazine groups is 1. The van der Waals surface area contributed by atoms with E-state index in [4.69, 9.17) is 11.7 Å². The smallest absolute Gasteiger partial charge is 0.349 e. The minimum Gasteiger partial charge on any atom is -0.422 e. The van der Waals surface area contributed by atoms with E-state index in [-0.39, 0.29) is 11.0 Å². The van der Waals surface area contributed by atoms with Crippen molar-refractivity contribution in [2.75, 3.05) is 0 Å². The molecule has 2 rings (SSSR count). The standard InChI is InChI=1S/C10H8N2O3/c11-12-9(13)7-5-6-3-1-2-4-8(6)15-10(7)14/h1-5H,11H2,(H,12,13)/i/hD. The molecular weight excluding hydrogens is 196 g/mol. The predicted octanol–water partition coefficient (Wildman–Crippen LogP) is 0.396. The Labute approximate surface area is 85.9 Å². The van der Waals surface area contributed by atoms with E-state index in [0.29, 0.717) is 11.0 Å². The third-order valence-electron chi connectivity index (χ3n) is 1.99. The van der Waals surface area contributed by atoms with E-state index in [1.54, 1.807) is 24.3 Å². The summed E-state index contributed by atoms with van der Waals surface area (Å²) < 4.78 is 11.8. The van der Waals surface area contributed by atoms with Crippen molar-refractivity contribution in [2.24, 2.45) is 5.84 Å². The van der Waals surface area contributed by atoms with Gasteiger partial charge in [0.1, 0.15) is 11.1 Å². The Bertz CT molecular complexity index is 606. The zero-order valence-corrected chi connectivity index (χ0v) is 7.64. The van der Waals surface area contributed by atoms with Crippen molar-refractivity contribution >= 4 is 16.9 Å². The number of fused-ring (bicyclic) bond motifs is 1. The van der Waals surface area contributed by atoms with Gasteiger partial charge in [-0.15, -0.1) is 0 Å². The maximum absolute atomic E-state index is 11.4. The molecule has 1 aromatic heterocycles. The molecule has 5 heteroatoms. The molecule has 0 atom stereocenters. The third-order valence-corrected chi connectivity index (χ3v) is 1.99. The molecule has 76 valence electrons. The molecule has 1 aromatic carbocycles. The SMILES string of the molecule is [2H]N(N)C(=O)c1cc2ccccc2oc1=O. The van der Waals surface area contributed by atoms with Crippen LogP contribution in [0.5, 0.6) is 0 Å². The van der Waals surface area contributed by atoms with Crippen LogP contribution in [-0.4, -0.2) is 5.91 Å². The molecule has 0 radical (unpaired) electrons. The summed E-state index contributed by atoms with van der Waals surface area (Å²) in [7, 11) is 0. The quantitative estimate of drug-likeness (QED) is 0.305. The van der Waals surface area contributed by atoms with Crippen molar-refractivity contribution in [3.63, 3.8) is 0 Å². The number of para-hydroxylation sites is 1. The van der Waals surface area contributed by atoms with Crippen LogP contribution in [0.15, 0.2) is 39.5 Å². The summed E-state index contributed by atoms with van der Waals surface area (Å²) in [5, 5.41) is 0.604. The van der Waals surface area contributed by atoms with Gasteiger partial charge in [0.05, 0.1) is 0 Å². The number of benzene rings is 1. The van der Waals surface area contributed by atoms with E-state index in [1.165, 1.54) is 6.07 Å². The van der Waals surface area contributed by atoms with Crippen LogP contribution >= 0.6 is 0 Å². The second-order valence-electron chi connectivity index (χ2n) is 2.92. The monoisotopic (exact) mass is 205 g/mol. The average Bonchev–Trinajstić information content (AvgIpc) is 2.27. The number of nitrogen functional groups attached to an aromatic ring is 1. The lowest BCUT2D eigenvalue weighted by molar-refractivity contribution is 0.0950. The second-order valence-corrected chi connectivity index (χ2v) is 2.92. The van der Waals surface area contributed by atoms with Gasteiger partial charge in [0.15, 0.2) is 1.41 Å². The maximum Gasteiger partial charge on any atom is 0.349 e. The van der Waals surface area contributed by atoms with E-state index in [2.05, 4.69) is 0 Å². The lowest BCUT2D eigenvalue weighted by Crippen LogP contribution is -2.33. The number of hydrogen-bond acceptors (Lipinski definition) is 4. The van der Waals surface area contributed by atoms with Gasteiger partial charge in [0.25, 0.3) is 5.91 Å². The number of rotatable bonds is 1. The highest BCUT2D eigenvalue weighted by Gasteiger charge is 2.11. The van der Waals surface area contributed by atoms with Crippen molar-refractivity contribution in [3.05, 3.63) is 46.3 Å². The Morgan fingerprint density at radius 1 is 1.47 bits per heavy atom. The Morgan fingerprint density at radius 3 is 2.93 bits per heavy atom. The lowest BCUT2D eigenvalue weighted by Gasteiger charge is -1.99. The predicted molar refractivity (Wildman–Crippen MR) is 54.1 cm³/mol. The maximum atomic E-state index is 11.4. The summed E-state index contributed by atoms with van der Waals surface area (Å²) in [6, 6.07) is 8.13. The summed E-state index contributed by atoms with van der Waals surface area (Å²) in [5.41, 5.74) is -0.568. The van der Waals surface area contributed by atoms with Gasteiger partial charge >= 0.3 is 5.63 Å². The van der Waals surface area contributed by atoms with Gasteiger partial charge in [-0.05, 0) is 12.1 Å². The molecule has 0 aliphatic carbocycles. The summed E-state index contributed by atoms with van der Waals surface area (Å²) in [6.45, 7) is 0. The van der Waals surface area contributed by atoms with Crippen LogP contribution in [-0.2, 0) is 0 Å². The molecule has 0 unspecified atom stereocenters. The zero-order chi connectivity index (χ0) is 11.7. The van der Waals surface area contributed by atoms with E-state index in [0.717, 1.165) is 0 Å². The van der Waals surface area contributed by atoms with Crippen molar-refractivity contribution < 1.29 is 10.6 Å². The fourth-order valence-electron chi connectivity index (χ4n) is 1.28. The van der Waals surface area contributed by atoms with Gasteiger partial charge in [-0.2, -0.15) is 0 Å². The molecule has 0 aliphatic heterocycles. The van der Waals surface area contributed by atoms with E-state index in [9.17, 15) is 9.59 Å². The van der Waals surface area contributed by atoms with Crippen LogP contribution in [0.2, 0.25) is 1.41 Å². The van der Waals surface area contributed by atoms with Crippen LogP contribution in [0.25, 0.3) is 11.0 Å². The van der Waals surface area contributed by atoms with Crippen molar-refractivity contribution in [3.8, 4) is 0 Å². The highest BCUT2D eigenvalue weighted by molar-refractivity contribution is 5.96. The topological polar surface area (TPSA) is 85.3 Å². The number of hydrogen-bond donors (Lipinski definition) is 2. The molecule has 1 heterocycles. The van der Waals surface area contributed by atoms with Gasteiger partial charge < -0.3 is 4.42 Å². The number of carbonyl (C=O) groups excluding carboxylic acids is 1. The summed E-state index contributed by atoms with van der Waals surface area (Å²) >= 11 is 0. The fourth-order valence-corrected chi connectivity index (χ4v) is 1.28. The van der Waals surface area contributed by atoms with Gasteiger partial charge in [0, 0.05) is 5.39 Å². The first kappa shape index (κ1) is 8.19. The first-order valence-corrected chi connectivity index (χ1v) is 4.20. The molecule has 0 spiro atoms. The van der Waals surface area contributed by atoms with Crippen molar-refractivity contribution in [1.29, 1.82) is 0 Å². The van der Waals surface area contributed by atoms with Gasteiger partial charge in [-0.25, -0.2) is 10.6 Å². The molecule has 2 aromatic rings. The van der Waals surface area contributed by atoms with Crippen LogP contribution in [0.3, 0.4) is 0 Å². The first-order valence-electron chi connectivity index (χ1n) is 4.65. The number of carbonyl (C=O) groups is 1. The molecule has 15 heavy (non-hydrogen) atoms. The largest absolute Gasteiger partial charge is 0.422 e. The number of amides is 1. The van der Waals surface area contributed by atoms with Gasteiger partial charge in [-0.3, -0.25) is 10.2 Å². The number of nitrogens with one attached hydrogen (secondary N) is 1. The minimum absolute atomic E-state index is 0.0982. The molecule has 1 amide bonds. The lowest BCUT2D eigenvalue weighted by atomic mass is 10.2. The van der Waals surface area contributed by atoms with Crippen LogP contribution in [0.1, 0.15) is 10.4 Å². The molecular formula is C10H8N2O3. The molecule has 0 saturated heterocycles. The van der Waals surface area contributed by atoms with Gasteiger partial charge in [-0.1, -0.05) is 18.2 Å². The van der Waals surface area contributed by atoms with E-state index >= 15 is 0 Å². The van der Waals surface area contributed by atoms with Crippen LogP contribution < -0.4 is 16.9 Å². The summed E-state index contributed by atoms with van der Waals surface area (Å²) in [6.07, 6.45) is 0. The Morgan fingerprint density at radius 2 is 2.20 bits per heavy atom. The molecule has 3 N–H and O–H groups in total. The average molecular weight is 205 g/mol. The third kappa shape index (κ3) is 1.60. The highest BCUT2D eigenvalue weighted by atomic mass is 16.4. The molecule has 0 saturated carbocycles. The highest BCUT2D eigenvalue weighted by Crippen LogP contribution is 2.12. The first-order chi connectivity index (χ1) is 7.59. The minimum atomic E-state index is -0.903. The Kier molecular flexibility index (Phi) is 1.94. The molecule has 0 aliphatic rings. The van der Waals surface area contributed by atoms with Crippen molar-refractivity contribution in [1.82, 2.24) is 5.42 Å².